The summed E-state index contributed by atoms with van der Waals surface area (Å²) in [6.07, 6.45) is 5.71. The van der Waals surface area contributed by atoms with Gasteiger partial charge >= 0.3 is 0 Å². The first-order chi connectivity index (χ1) is 12.2. The van der Waals surface area contributed by atoms with Gasteiger partial charge in [-0.25, -0.2) is 4.98 Å². The van der Waals surface area contributed by atoms with Crippen LogP contribution in [-0.2, 0) is 4.79 Å². The molecule has 3 rings (SSSR count). The minimum atomic E-state index is -0.0405. The van der Waals surface area contributed by atoms with Crippen molar-refractivity contribution >= 4 is 35.1 Å². The third kappa shape index (κ3) is 4.46. The molecule has 0 fully saturated rings. The van der Waals surface area contributed by atoms with Gasteiger partial charge in [-0.1, -0.05) is 30.0 Å². The molecule has 25 heavy (non-hydrogen) atoms. The molecule has 128 valence electrons. The van der Waals surface area contributed by atoms with E-state index in [0.717, 1.165) is 16.5 Å². The monoisotopic (exact) mass is 369 g/mol. The standard InChI is InChI=1S/C19H19N3OS2/c1-14-5-3-4-6-17(14)22-12-11-20-19(22)25-13-18(23)21-15-7-9-16(24-2)10-8-15/h3-12H,13H2,1-2H3,(H,21,23). The van der Waals surface area contributed by atoms with E-state index in [9.17, 15) is 4.79 Å². The Kier molecular flexibility index (Phi) is 5.83. The molecule has 0 saturated heterocycles. The number of thioether (sulfide) groups is 2. The number of hydrogen-bond donors (Lipinski definition) is 1. The van der Waals surface area contributed by atoms with E-state index in [1.54, 1.807) is 18.0 Å². The Balaban J connectivity index is 1.63. The number of nitrogens with one attached hydrogen (secondary N) is 1. The number of anilines is 1. The maximum atomic E-state index is 12.2. The van der Waals surface area contributed by atoms with Crippen molar-refractivity contribution < 1.29 is 4.79 Å². The smallest absolute Gasteiger partial charge is 0.234 e. The minimum Gasteiger partial charge on any atom is -0.325 e. The summed E-state index contributed by atoms with van der Waals surface area (Å²) < 4.78 is 2.01. The van der Waals surface area contributed by atoms with E-state index in [-0.39, 0.29) is 5.91 Å². The Bertz CT molecular complexity index is 859. The molecule has 0 aliphatic carbocycles. The fraction of sp³-hybridized carbons (Fsp3) is 0.158. The van der Waals surface area contributed by atoms with Gasteiger partial charge in [0.25, 0.3) is 0 Å². The van der Waals surface area contributed by atoms with Crippen LogP contribution in [0.3, 0.4) is 0 Å². The van der Waals surface area contributed by atoms with Crippen LogP contribution in [0.15, 0.2) is 71.0 Å². The number of carbonyl (C=O) groups excluding carboxylic acids is 1. The number of amides is 1. The topological polar surface area (TPSA) is 46.9 Å². The van der Waals surface area contributed by atoms with Crippen LogP contribution in [0.2, 0.25) is 0 Å². The molecule has 1 aromatic heterocycles. The highest BCUT2D eigenvalue weighted by atomic mass is 32.2. The molecule has 0 unspecified atom stereocenters. The molecule has 1 N–H and O–H groups in total. The maximum absolute atomic E-state index is 12.2. The largest absolute Gasteiger partial charge is 0.325 e. The lowest BCUT2D eigenvalue weighted by molar-refractivity contribution is -0.113. The number of rotatable bonds is 6. The Morgan fingerprint density at radius 3 is 2.64 bits per heavy atom. The number of imidazole rings is 1. The highest BCUT2D eigenvalue weighted by Crippen LogP contribution is 2.23. The molecular formula is C19H19N3OS2. The molecule has 0 saturated carbocycles. The zero-order valence-corrected chi connectivity index (χ0v) is 15.7. The number of hydrogen-bond acceptors (Lipinski definition) is 4. The van der Waals surface area contributed by atoms with Crippen molar-refractivity contribution in [1.82, 2.24) is 9.55 Å². The summed E-state index contributed by atoms with van der Waals surface area (Å²) in [4.78, 5) is 17.8. The van der Waals surface area contributed by atoms with Gasteiger partial charge in [0.15, 0.2) is 5.16 Å². The van der Waals surface area contributed by atoms with E-state index >= 15 is 0 Å². The predicted octanol–water partition coefficient (Wildman–Crippen LogP) is 4.63. The molecule has 2 aromatic carbocycles. The van der Waals surface area contributed by atoms with Gasteiger partial charge in [0.05, 0.1) is 11.4 Å². The second-order valence-electron chi connectivity index (χ2n) is 5.43. The van der Waals surface area contributed by atoms with Crippen molar-refractivity contribution in [3.63, 3.8) is 0 Å². The fourth-order valence-corrected chi connectivity index (χ4v) is 3.59. The molecule has 1 amide bonds. The van der Waals surface area contributed by atoms with E-state index in [2.05, 4.69) is 29.4 Å². The molecule has 0 aliphatic rings. The van der Waals surface area contributed by atoms with E-state index in [1.807, 2.05) is 53.4 Å². The maximum Gasteiger partial charge on any atom is 0.234 e. The van der Waals surface area contributed by atoms with Crippen molar-refractivity contribution in [3.05, 3.63) is 66.5 Å². The minimum absolute atomic E-state index is 0.0405. The van der Waals surface area contributed by atoms with Crippen LogP contribution in [-0.4, -0.2) is 27.5 Å². The van der Waals surface area contributed by atoms with Gasteiger partial charge in [-0.05, 0) is 49.1 Å². The second kappa shape index (κ2) is 8.27. The summed E-state index contributed by atoms with van der Waals surface area (Å²) in [6.45, 7) is 2.06. The number of carbonyl (C=O) groups is 1. The van der Waals surface area contributed by atoms with Crippen LogP contribution < -0.4 is 5.32 Å². The predicted molar refractivity (Wildman–Crippen MR) is 106 cm³/mol. The highest BCUT2D eigenvalue weighted by Gasteiger charge is 2.10. The summed E-state index contributed by atoms with van der Waals surface area (Å²) >= 11 is 3.11. The molecule has 0 spiro atoms. The van der Waals surface area contributed by atoms with Gasteiger partial charge in [-0.15, -0.1) is 11.8 Å². The fourth-order valence-electron chi connectivity index (χ4n) is 2.42. The average molecular weight is 370 g/mol. The van der Waals surface area contributed by atoms with Crippen LogP contribution in [0.4, 0.5) is 5.69 Å². The van der Waals surface area contributed by atoms with Gasteiger partial charge in [-0.2, -0.15) is 0 Å². The molecule has 4 nitrogen and oxygen atoms in total. The molecule has 3 aromatic rings. The number of nitrogens with zero attached hydrogens (tertiary/aromatic N) is 2. The van der Waals surface area contributed by atoms with Crippen LogP contribution in [0.1, 0.15) is 5.56 Å². The zero-order valence-electron chi connectivity index (χ0n) is 14.1. The second-order valence-corrected chi connectivity index (χ2v) is 7.25. The number of benzene rings is 2. The first kappa shape index (κ1) is 17.6. The lowest BCUT2D eigenvalue weighted by Gasteiger charge is -2.10. The quantitative estimate of drug-likeness (QED) is 0.643. The van der Waals surface area contributed by atoms with Gasteiger partial charge in [-0.3, -0.25) is 9.36 Å². The van der Waals surface area contributed by atoms with Gasteiger partial charge in [0.2, 0.25) is 5.91 Å². The molecule has 0 radical (unpaired) electrons. The number of para-hydroxylation sites is 1. The van der Waals surface area contributed by atoms with Crippen molar-refractivity contribution in [2.45, 2.75) is 17.0 Å². The van der Waals surface area contributed by atoms with Crippen LogP contribution in [0.5, 0.6) is 0 Å². The highest BCUT2D eigenvalue weighted by molar-refractivity contribution is 7.99. The SMILES string of the molecule is CSc1ccc(NC(=O)CSc2nccn2-c2ccccc2C)cc1. The summed E-state index contributed by atoms with van der Waals surface area (Å²) in [5.41, 5.74) is 3.06. The lowest BCUT2D eigenvalue weighted by Crippen LogP contribution is -2.14. The molecule has 1 heterocycles. The number of aromatic nitrogens is 2. The van der Waals surface area contributed by atoms with E-state index in [1.165, 1.54) is 22.2 Å². The van der Waals surface area contributed by atoms with E-state index in [4.69, 9.17) is 0 Å². The molecule has 0 bridgehead atoms. The Morgan fingerprint density at radius 2 is 1.92 bits per heavy atom. The summed E-state index contributed by atoms with van der Waals surface area (Å²) in [6, 6.07) is 16.0. The van der Waals surface area contributed by atoms with Crippen molar-refractivity contribution in [1.29, 1.82) is 0 Å². The van der Waals surface area contributed by atoms with Crippen LogP contribution in [0, 0.1) is 6.92 Å². The Morgan fingerprint density at radius 1 is 1.16 bits per heavy atom. The average Bonchev–Trinajstić information content (AvgIpc) is 3.09. The van der Waals surface area contributed by atoms with Crippen molar-refractivity contribution in [3.8, 4) is 5.69 Å². The van der Waals surface area contributed by atoms with Crippen LogP contribution in [0.25, 0.3) is 5.69 Å². The van der Waals surface area contributed by atoms with Crippen molar-refractivity contribution in [2.24, 2.45) is 0 Å². The summed E-state index contributed by atoms with van der Waals surface area (Å²) in [7, 11) is 0. The van der Waals surface area contributed by atoms with Crippen molar-refractivity contribution in [2.75, 3.05) is 17.3 Å². The normalized spacial score (nSPS) is 10.6. The first-order valence-corrected chi connectivity index (χ1v) is 10.0. The third-order valence-corrected chi connectivity index (χ3v) is 5.40. The van der Waals surface area contributed by atoms with Gasteiger partial charge in [0, 0.05) is 23.0 Å². The van der Waals surface area contributed by atoms with Gasteiger partial charge in [0.1, 0.15) is 0 Å². The lowest BCUT2D eigenvalue weighted by atomic mass is 10.2. The molecule has 0 atom stereocenters. The number of aryl methyl sites for hydroxylation is 1. The zero-order chi connectivity index (χ0) is 17.6. The first-order valence-electron chi connectivity index (χ1n) is 7.83. The van der Waals surface area contributed by atoms with Gasteiger partial charge < -0.3 is 5.32 Å². The molecule has 6 heteroatoms. The van der Waals surface area contributed by atoms with E-state index in [0.29, 0.717) is 5.75 Å². The Hall–Kier alpha value is -2.18. The summed E-state index contributed by atoms with van der Waals surface area (Å²) in [5, 5.41) is 3.73. The molecular weight excluding hydrogens is 350 g/mol. The van der Waals surface area contributed by atoms with Crippen LogP contribution >= 0.6 is 23.5 Å². The Labute approximate surface area is 156 Å². The summed E-state index contributed by atoms with van der Waals surface area (Å²) in [5.74, 6) is 0.272. The third-order valence-electron chi connectivity index (χ3n) is 3.69. The van der Waals surface area contributed by atoms with E-state index < -0.39 is 0 Å². The molecule has 0 aliphatic heterocycles.